The second kappa shape index (κ2) is 4.28. The van der Waals surface area contributed by atoms with Crippen LogP contribution in [-0.2, 0) is 0 Å². The zero-order chi connectivity index (χ0) is 9.84. The van der Waals surface area contributed by atoms with E-state index >= 15 is 0 Å². The van der Waals surface area contributed by atoms with Crippen molar-refractivity contribution in [3.8, 4) is 5.06 Å². The van der Waals surface area contributed by atoms with E-state index in [1.807, 2.05) is 13.8 Å². The minimum absolute atomic E-state index is 0.0841. The lowest BCUT2D eigenvalue weighted by Crippen LogP contribution is -2.31. The van der Waals surface area contributed by atoms with E-state index in [9.17, 15) is 9.90 Å². The number of carbonyl (C=O) groups is 1. The summed E-state index contributed by atoms with van der Waals surface area (Å²) in [6, 6.07) is 1.77. The summed E-state index contributed by atoms with van der Waals surface area (Å²) in [5.41, 5.74) is 0.366. The van der Waals surface area contributed by atoms with Gasteiger partial charge in [-0.25, -0.2) is 0 Å². The molecule has 0 aliphatic carbocycles. The normalized spacial score (nSPS) is 12.5. The number of hydrogen-bond donors (Lipinski definition) is 2. The molecular weight excluding hydrogens is 186 g/mol. The maximum atomic E-state index is 11.4. The summed E-state index contributed by atoms with van der Waals surface area (Å²) in [4.78, 5) is 11.4. The maximum Gasteiger partial charge on any atom is 0.256 e. The molecule has 1 aromatic heterocycles. The van der Waals surface area contributed by atoms with E-state index in [1.54, 1.807) is 11.4 Å². The van der Waals surface area contributed by atoms with Gasteiger partial charge in [0.25, 0.3) is 5.91 Å². The summed E-state index contributed by atoms with van der Waals surface area (Å²) in [5, 5.41) is 13.8. The molecule has 1 unspecified atom stereocenters. The van der Waals surface area contributed by atoms with Crippen molar-refractivity contribution in [1.29, 1.82) is 0 Å². The molecule has 3 nitrogen and oxygen atoms in total. The highest BCUT2D eigenvalue weighted by Crippen LogP contribution is 2.23. The van der Waals surface area contributed by atoms with E-state index in [4.69, 9.17) is 0 Å². The zero-order valence-corrected chi connectivity index (χ0v) is 8.52. The smallest absolute Gasteiger partial charge is 0.256 e. The lowest BCUT2D eigenvalue weighted by atomic mass is 10.2. The van der Waals surface area contributed by atoms with E-state index in [2.05, 4.69) is 5.32 Å². The van der Waals surface area contributed by atoms with Crippen molar-refractivity contribution in [2.45, 2.75) is 26.3 Å². The maximum absolute atomic E-state index is 11.4. The van der Waals surface area contributed by atoms with Crippen LogP contribution in [0.2, 0.25) is 0 Å². The molecule has 2 N–H and O–H groups in total. The summed E-state index contributed by atoms with van der Waals surface area (Å²) in [6.45, 7) is 3.93. The standard InChI is InChI=1S/C9H13NO2S/c1-3-6(2)10-8(11)7-4-5-13-9(7)12/h4-6,12H,3H2,1-2H3,(H,10,11). The van der Waals surface area contributed by atoms with E-state index in [0.717, 1.165) is 17.8 Å². The average Bonchev–Trinajstić information content (AvgIpc) is 2.51. The first-order valence-corrected chi connectivity index (χ1v) is 5.10. The van der Waals surface area contributed by atoms with Gasteiger partial charge in [0.15, 0.2) is 5.06 Å². The minimum atomic E-state index is -0.201. The summed E-state index contributed by atoms with van der Waals surface area (Å²) >= 11 is 1.16. The third kappa shape index (κ3) is 2.45. The van der Waals surface area contributed by atoms with Crippen molar-refractivity contribution in [2.24, 2.45) is 0 Å². The van der Waals surface area contributed by atoms with Gasteiger partial charge in [-0.1, -0.05) is 6.92 Å². The Kier molecular flexibility index (Phi) is 3.31. The van der Waals surface area contributed by atoms with Crippen molar-refractivity contribution in [2.75, 3.05) is 0 Å². The average molecular weight is 199 g/mol. The molecule has 4 heteroatoms. The van der Waals surface area contributed by atoms with Crippen LogP contribution in [0.4, 0.5) is 0 Å². The highest BCUT2D eigenvalue weighted by molar-refractivity contribution is 7.12. The van der Waals surface area contributed by atoms with Crippen molar-refractivity contribution in [3.05, 3.63) is 17.0 Å². The largest absolute Gasteiger partial charge is 0.499 e. The third-order valence-corrected chi connectivity index (χ3v) is 2.59. The summed E-state index contributed by atoms with van der Waals surface area (Å²) < 4.78 is 0. The molecule has 0 radical (unpaired) electrons. The first-order chi connectivity index (χ1) is 6.15. The van der Waals surface area contributed by atoms with E-state index in [-0.39, 0.29) is 17.0 Å². The SMILES string of the molecule is CCC(C)NC(=O)c1ccsc1O. The van der Waals surface area contributed by atoms with Crippen molar-refractivity contribution >= 4 is 17.2 Å². The molecule has 1 amide bonds. The zero-order valence-electron chi connectivity index (χ0n) is 7.70. The quantitative estimate of drug-likeness (QED) is 0.782. The van der Waals surface area contributed by atoms with Gasteiger partial charge in [-0.15, -0.1) is 11.3 Å². The van der Waals surface area contributed by atoms with E-state index in [1.165, 1.54) is 0 Å². The highest BCUT2D eigenvalue weighted by atomic mass is 32.1. The topological polar surface area (TPSA) is 49.3 Å². The van der Waals surface area contributed by atoms with Crippen LogP contribution in [-0.4, -0.2) is 17.1 Å². The predicted molar refractivity (Wildman–Crippen MR) is 53.2 cm³/mol. The summed E-state index contributed by atoms with van der Waals surface area (Å²) in [6.07, 6.45) is 0.886. The van der Waals surface area contributed by atoms with Crippen LogP contribution in [0.15, 0.2) is 11.4 Å². The molecule has 0 bridgehead atoms. The lowest BCUT2D eigenvalue weighted by Gasteiger charge is -2.10. The Labute approximate surface area is 81.4 Å². The Morgan fingerprint density at radius 3 is 2.92 bits per heavy atom. The lowest BCUT2D eigenvalue weighted by molar-refractivity contribution is 0.0937. The molecule has 1 heterocycles. The Bertz CT molecular complexity index is 296. The predicted octanol–water partition coefficient (Wildman–Crippen LogP) is 1.98. The molecule has 1 aromatic rings. The molecule has 1 atom stereocenters. The number of nitrogens with one attached hydrogen (secondary N) is 1. The Balaban J connectivity index is 2.64. The van der Waals surface area contributed by atoms with Crippen LogP contribution in [0.3, 0.4) is 0 Å². The fourth-order valence-corrected chi connectivity index (χ4v) is 1.50. The van der Waals surface area contributed by atoms with Gasteiger partial charge in [0.05, 0.1) is 5.56 Å². The number of thiophene rings is 1. The molecule has 1 rings (SSSR count). The fourth-order valence-electron chi connectivity index (χ4n) is 0.878. The second-order valence-electron chi connectivity index (χ2n) is 2.92. The molecule has 0 aliphatic heterocycles. The van der Waals surface area contributed by atoms with E-state index < -0.39 is 0 Å². The first kappa shape index (κ1) is 10.1. The molecule has 13 heavy (non-hydrogen) atoms. The number of aromatic hydroxyl groups is 1. The fraction of sp³-hybridized carbons (Fsp3) is 0.444. The molecule has 72 valence electrons. The second-order valence-corrected chi connectivity index (χ2v) is 3.82. The van der Waals surface area contributed by atoms with Gasteiger partial charge in [-0.3, -0.25) is 4.79 Å². The van der Waals surface area contributed by atoms with Gasteiger partial charge >= 0.3 is 0 Å². The Morgan fingerprint density at radius 1 is 1.77 bits per heavy atom. The molecule has 0 saturated carbocycles. The third-order valence-electron chi connectivity index (χ3n) is 1.88. The monoisotopic (exact) mass is 199 g/mol. The van der Waals surface area contributed by atoms with Gasteiger partial charge in [0.2, 0.25) is 0 Å². The molecule has 0 fully saturated rings. The van der Waals surface area contributed by atoms with Crippen molar-refractivity contribution in [3.63, 3.8) is 0 Å². The summed E-state index contributed by atoms with van der Waals surface area (Å²) in [5.74, 6) is -0.201. The highest BCUT2D eigenvalue weighted by Gasteiger charge is 2.13. The molecule has 0 saturated heterocycles. The number of amides is 1. The molecular formula is C9H13NO2S. The van der Waals surface area contributed by atoms with Gasteiger partial charge < -0.3 is 10.4 Å². The van der Waals surface area contributed by atoms with Crippen molar-refractivity contribution in [1.82, 2.24) is 5.32 Å². The van der Waals surface area contributed by atoms with Gasteiger partial charge in [-0.05, 0) is 24.8 Å². The van der Waals surface area contributed by atoms with Crippen LogP contribution in [0, 0.1) is 0 Å². The number of carbonyl (C=O) groups excluding carboxylic acids is 1. The minimum Gasteiger partial charge on any atom is -0.499 e. The van der Waals surface area contributed by atoms with Crippen LogP contribution >= 0.6 is 11.3 Å². The molecule has 0 aliphatic rings. The van der Waals surface area contributed by atoms with Crippen LogP contribution < -0.4 is 5.32 Å². The Morgan fingerprint density at radius 2 is 2.46 bits per heavy atom. The molecule has 0 aromatic carbocycles. The van der Waals surface area contributed by atoms with Gasteiger partial charge in [0, 0.05) is 6.04 Å². The van der Waals surface area contributed by atoms with Crippen molar-refractivity contribution < 1.29 is 9.90 Å². The molecule has 0 spiro atoms. The number of hydrogen-bond acceptors (Lipinski definition) is 3. The Hall–Kier alpha value is -1.03. The van der Waals surface area contributed by atoms with E-state index in [0.29, 0.717) is 5.56 Å². The summed E-state index contributed by atoms with van der Waals surface area (Å²) in [7, 11) is 0. The number of rotatable bonds is 3. The first-order valence-electron chi connectivity index (χ1n) is 4.22. The van der Waals surface area contributed by atoms with Gasteiger partial charge in [-0.2, -0.15) is 0 Å². The van der Waals surface area contributed by atoms with Crippen LogP contribution in [0.1, 0.15) is 30.6 Å². The van der Waals surface area contributed by atoms with Crippen LogP contribution in [0.5, 0.6) is 5.06 Å². The van der Waals surface area contributed by atoms with Gasteiger partial charge in [0.1, 0.15) is 0 Å². The van der Waals surface area contributed by atoms with Crippen LogP contribution in [0.25, 0.3) is 0 Å².